The molecular formula is C13H15ClN2S. The molecule has 0 fully saturated rings. The second kappa shape index (κ2) is 6.15. The number of hydrogen-bond donors (Lipinski definition) is 1. The molecule has 2 nitrogen and oxygen atoms in total. The van der Waals surface area contributed by atoms with Crippen LogP contribution in [0.4, 0.5) is 0 Å². The van der Waals surface area contributed by atoms with Crippen LogP contribution in [-0.2, 0) is 19.5 Å². The van der Waals surface area contributed by atoms with Gasteiger partial charge < -0.3 is 5.32 Å². The Morgan fingerprint density at radius 3 is 2.65 bits per heavy atom. The highest BCUT2D eigenvalue weighted by Crippen LogP contribution is 2.18. The van der Waals surface area contributed by atoms with Crippen LogP contribution in [0.2, 0.25) is 4.34 Å². The van der Waals surface area contributed by atoms with Gasteiger partial charge in [-0.25, -0.2) is 4.98 Å². The van der Waals surface area contributed by atoms with Crippen LogP contribution in [0.25, 0.3) is 0 Å². The van der Waals surface area contributed by atoms with Gasteiger partial charge in [-0.3, -0.25) is 0 Å². The molecule has 0 spiro atoms. The zero-order chi connectivity index (χ0) is 12.1. The summed E-state index contributed by atoms with van der Waals surface area (Å²) in [6.45, 7) is 3.83. The second-order valence-corrected chi connectivity index (χ2v) is 5.53. The van der Waals surface area contributed by atoms with E-state index in [1.54, 1.807) is 6.20 Å². The highest BCUT2D eigenvalue weighted by molar-refractivity contribution is 7.15. The molecule has 0 atom stereocenters. The lowest BCUT2D eigenvalue weighted by molar-refractivity contribution is 0.685. The van der Waals surface area contributed by atoms with Crippen molar-refractivity contribution >= 4 is 22.9 Å². The molecule has 1 aromatic carbocycles. The third kappa shape index (κ3) is 3.53. The monoisotopic (exact) mass is 266 g/mol. The molecule has 2 rings (SSSR count). The Balaban J connectivity index is 1.89. The van der Waals surface area contributed by atoms with Gasteiger partial charge in [0.2, 0.25) is 0 Å². The fourth-order valence-corrected chi connectivity index (χ4v) is 2.67. The van der Waals surface area contributed by atoms with Gasteiger partial charge in [-0.2, -0.15) is 0 Å². The number of halogens is 1. The van der Waals surface area contributed by atoms with E-state index in [0.717, 1.165) is 28.9 Å². The number of benzene rings is 1. The lowest BCUT2D eigenvalue weighted by Gasteiger charge is -2.07. The Morgan fingerprint density at radius 1 is 1.24 bits per heavy atom. The number of thiazole rings is 1. The molecule has 0 bridgehead atoms. The summed E-state index contributed by atoms with van der Waals surface area (Å²) < 4.78 is 0.746. The molecule has 1 N–H and O–H groups in total. The van der Waals surface area contributed by atoms with Crippen molar-refractivity contribution in [1.82, 2.24) is 10.3 Å². The van der Waals surface area contributed by atoms with Gasteiger partial charge in [-0.05, 0) is 17.5 Å². The minimum atomic E-state index is 0.746. The van der Waals surface area contributed by atoms with E-state index in [9.17, 15) is 0 Å². The van der Waals surface area contributed by atoms with Crippen molar-refractivity contribution in [2.75, 3.05) is 0 Å². The first-order valence-corrected chi connectivity index (χ1v) is 6.86. The summed E-state index contributed by atoms with van der Waals surface area (Å²) >= 11 is 7.36. The molecular weight excluding hydrogens is 252 g/mol. The molecule has 17 heavy (non-hydrogen) atoms. The predicted octanol–water partition coefficient (Wildman–Crippen LogP) is 3.65. The first kappa shape index (κ1) is 12.6. The molecule has 0 aliphatic carbocycles. The van der Waals surface area contributed by atoms with Crippen molar-refractivity contribution in [3.05, 3.63) is 50.9 Å². The number of rotatable bonds is 5. The highest BCUT2D eigenvalue weighted by atomic mass is 35.5. The fourth-order valence-electron chi connectivity index (χ4n) is 1.75. The molecule has 4 heteroatoms. The summed E-state index contributed by atoms with van der Waals surface area (Å²) in [7, 11) is 0. The average Bonchev–Trinajstić information content (AvgIpc) is 2.76. The number of aromatic nitrogens is 1. The zero-order valence-electron chi connectivity index (χ0n) is 9.74. The van der Waals surface area contributed by atoms with Crippen molar-refractivity contribution < 1.29 is 0 Å². The third-order valence-corrected chi connectivity index (χ3v) is 3.73. The van der Waals surface area contributed by atoms with E-state index in [4.69, 9.17) is 11.6 Å². The normalized spacial score (nSPS) is 10.7. The maximum Gasteiger partial charge on any atom is 0.113 e. The van der Waals surface area contributed by atoms with Crippen molar-refractivity contribution in [2.24, 2.45) is 0 Å². The molecule has 0 saturated heterocycles. The van der Waals surface area contributed by atoms with Crippen LogP contribution in [0, 0.1) is 0 Å². The first-order chi connectivity index (χ1) is 8.29. The van der Waals surface area contributed by atoms with Gasteiger partial charge in [0.1, 0.15) is 9.34 Å². The van der Waals surface area contributed by atoms with Crippen LogP contribution in [0.1, 0.15) is 23.1 Å². The molecule has 0 saturated carbocycles. The summed E-state index contributed by atoms with van der Waals surface area (Å²) in [5.74, 6) is 0. The smallest absolute Gasteiger partial charge is 0.113 e. The third-order valence-electron chi connectivity index (χ3n) is 2.62. The zero-order valence-corrected chi connectivity index (χ0v) is 11.3. The molecule has 90 valence electrons. The summed E-state index contributed by atoms with van der Waals surface area (Å²) in [6, 6.07) is 8.51. The lowest BCUT2D eigenvalue weighted by Crippen LogP contribution is -2.13. The molecule has 0 aliphatic heterocycles. The van der Waals surface area contributed by atoms with Gasteiger partial charge in [0, 0.05) is 13.1 Å². The van der Waals surface area contributed by atoms with Crippen LogP contribution in [0.15, 0.2) is 30.5 Å². The van der Waals surface area contributed by atoms with Crippen molar-refractivity contribution in [3.8, 4) is 0 Å². The summed E-state index contributed by atoms with van der Waals surface area (Å²) in [6.07, 6.45) is 2.77. The Bertz CT molecular complexity index is 482. The highest BCUT2D eigenvalue weighted by Gasteiger charge is 2.01. The first-order valence-electron chi connectivity index (χ1n) is 5.67. The molecule has 1 aromatic heterocycles. The van der Waals surface area contributed by atoms with E-state index in [2.05, 4.69) is 41.5 Å². The largest absolute Gasteiger partial charge is 0.306 e. The Kier molecular flexibility index (Phi) is 4.54. The molecule has 0 amide bonds. The summed E-state index contributed by atoms with van der Waals surface area (Å²) in [5.41, 5.74) is 2.76. The van der Waals surface area contributed by atoms with Crippen LogP contribution < -0.4 is 5.32 Å². The average molecular weight is 267 g/mol. The maximum atomic E-state index is 5.83. The molecule has 0 aliphatic rings. The number of nitrogens with zero attached hydrogens (tertiary/aromatic N) is 1. The quantitative estimate of drug-likeness (QED) is 0.894. The van der Waals surface area contributed by atoms with Gasteiger partial charge in [-0.1, -0.05) is 42.8 Å². The molecule has 0 unspecified atom stereocenters. The number of aryl methyl sites for hydroxylation is 1. The van der Waals surface area contributed by atoms with Gasteiger partial charge in [0.15, 0.2) is 0 Å². The van der Waals surface area contributed by atoms with Crippen LogP contribution in [0.5, 0.6) is 0 Å². The fraction of sp³-hybridized carbons (Fsp3) is 0.308. The second-order valence-electron chi connectivity index (χ2n) is 3.78. The van der Waals surface area contributed by atoms with Crippen LogP contribution >= 0.6 is 22.9 Å². The van der Waals surface area contributed by atoms with Crippen LogP contribution in [0.3, 0.4) is 0 Å². The standard InChI is InChI=1S/C13H15ClN2S/c1-2-10-5-3-4-6-11(10)7-15-9-13-16-8-12(14)17-13/h3-6,8,15H,2,7,9H2,1H3. The Morgan fingerprint density at radius 2 is 2.00 bits per heavy atom. The van der Waals surface area contributed by atoms with E-state index in [0.29, 0.717) is 0 Å². The van der Waals surface area contributed by atoms with E-state index in [1.165, 1.54) is 22.5 Å². The SMILES string of the molecule is CCc1ccccc1CNCc1ncc(Cl)s1. The topological polar surface area (TPSA) is 24.9 Å². The molecule has 0 radical (unpaired) electrons. The van der Waals surface area contributed by atoms with Gasteiger partial charge in [-0.15, -0.1) is 11.3 Å². The predicted molar refractivity (Wildman–Crippen MR) is 73.5 cm³/mol. The minimum Gasteiger partial charge on any atom is -0.306 e. The minimum absolute atomic E-state index is 0.746. The van der Waals surface area contributed by atoms with E-state index >= 15 is 0 Å². The Labute approximate surface area is 111 Å². The van der Waals surface area contributed by atoms with Crippen molar-refractivity contribution in [3.63, 3.8) is 0 Å². The van der Waals surface area contributed by atoms with E-state index < -0.39 is 0 Å². The van der Waals surface area contributed by atoms with Gasteiger partial charge in [0.25, 0.3) is 0 Å². The number of nitrogens with one attached hydrogen (secondary N) is 1. The van der Waals surface area contributed by atoms with Gasteiger partial charge in [0.05, 0.1) is 6.20 Å². The van der Waals surface area contributed by atoms with E-state index in [1.807, 2.05) is 0 Å². The van der Waals surface area contributed by atoms with E-state index in [-0.39, 0.29) is 0 Å². The lowest BCUT2D eigenvalue weighted by atomic mass is 10.1. The molecule has 2 aromatic rings. The van der Waals surface area contributed by atoms with Gasteiger partial charge >= 0.3 is 0 Å². The van der Waals surface area contributed by atoms with Crippen molar-refractivity contribution in [1.29, 1.82) is 0 Å². The summed E-state index contributed by atoms with van der Waals surface area (Å²) in [4.78, 5) is 4.21. The van der Waals surface area contributed by atoms with Crippen LogP contribution in [-0.4, -0.2) is 4.98 Å². The maximum absolute atomic E-state index is 5.83. The van der Waals surface area contributed by atoms with Crippen molar-refractivity contribution in [2.45, 2.75) is 26.4 Å². The summed E-state index contributed by atoms with van der Waals surface area (Å²) in [5, 5.41) is 4.43. The molecule has 1 heterocycles. The Hall–Kier alpha value is -0.900. The number of hydrogen-bond acceptors (Lipinski definition) is 3.